The molecule has 0 fully saturated rings. The van der Waals surface area contributed by atoms with Gasteiger partial charge >= 0.3 is 5.69 Å². The van der Waals surface area contributed by atoms with Crippen molar-refractivity contribution in [2.75, 3.05) is 5.73 Å². The van der Waals surface area contributed by atoms with Gasteiger partial charge < -0.3 is 5.73 Å². The highest BCUT2D eigenvalue weighted by Gasteiger charge is 2.25. The average molecular weight is 282 g/mol. The SMILES string of the molecule is Nc1ncc(C(F)F)c(CBr)c1[N+](=O)[O-]. The van der Waals surface area contributed by atoms with Crippen LogP contribution >= 0.6 is 15.9 Å². The van der Waals surface area contributed by atoms with E-state index in [2.05, 4.69) is 20.9 Å². The van der Waals surface area contributed by atoms with Crippen molar-refractivity contribution in [2.45, 2.75) is 11.8 Å². The normalized spacial score (nSPS) is 10.7. The van der Waals surface area contributed by atoms with Crippen LogP contribution in [0.4, 0.5) is 20.3 Å². The van der Waals surface area contributed by atoms with Crippen molar-refractivity contribution in [1.82, 2.24) is 4.98 Å². The second-order valence-electron chi connectivity index (χ2n) is 2.62. The lowest BCUT2D eigenvalue weighted by molar-refractivity contribution is -0.384. The van der Waals surface area contributed by atoms with E-state index in [4.69, 9.17) is 5.73 Å². The quantitative estimate of drug-likeness (QED) is 0.524. The Labute approximate surface area is 91.6 Å². The van der Waals surface area contributed by atoms with Crippen molar-refractivity contribution in [2.24, 2.45) is 0 Å². The second kappa shape index (κ2) is 4.47. The lowest BCUT2D eigenvalue weighted by Gasteiger charge is -2.07. The summed E-state index contributed by atoms with van der Waals surface area (Å²) in [4.78, 5) is 13.1. The molecule has 1 aromatic heterocycles. The van der Waals surface area contributed by atoms with Crippen LogP contribution < -0.4 is 5.73 Å². The third-order valence-electron chi connectivity index (χ3n) is 1.77. The van der Waals surface area contributed by atoms with Gasteiger partial charge in [-0.05, 0) is 0 Å². The number of anilines is 1. The highest BCUT2D eigenvalue weighted by molar-refractivity contribution is 9.08. The maximum absolute atomic E-state index is 12.5. The molecule has 0 radical (unpaired) electrons. The van der Waals surface area contributed by atoms with Gasteiger partial charge in [-0.3, -0.25) is 10.1 Å². The van der Waals surface area contributed by atoms with Crippen molar-refractivity contribution in [3.05, 3.63) is 27.4 Å². The minimum atomic E-state index is -2.82. The fourth-order valence-corrected chi connectivity index (χ4v) is 1.69. The molecule has 0 amide bonds. The summed E-state index contributed by atoms with van der Waals surface area (Å²) in [5.41, 5.74) is 4.07. The summed E-state index contributed by atoms with van der Waals surface area (Å²) < 4.78 is 24.9. The molecule has 1 aromatic rings. The summed E-state index contributed by atoms with van der Waals surface area (Å²) in [7, 11) is 0. The molecule has 0 spiro atoms. The van der Waals surface area contributed by atoms with Gasteiger partial charge in [0, 0.05) is 17.1 Å². The molecule has 0 aliphatic carbocycles. The summed E-state index contributed by atoms with van der Waals surface area (Å²) in [5.74, 6) is -0.362. The Bertz CT molecular complexity index is 400. The molecule has 15 heavy (non-hydrogen) atoms. The number of nitrogen functional groups attached to an aromatic ring is 1. The van der Waals surface area contributed by atoms with E-state index in [0.29, 0.717) is 0 Å². The van der Waals surface area contributed by atoms with Crippen LogP contribution in [-0.4, -0.2) is 9.91 Å². The predicted molar refractivity (Wildman–Crippen MR) is 52.9 cm³/mol. The molecular formula is C7H6BrF2N3O2. The first-order valence-corrected chi connectivity index (χ1v) is 4.87. The number of nitro groups is 1. The van der Waals surface area contributed by atoms with E-state index in [-0.39, 0.29) is 16.7 Å². The molecule has 8 heteroatoms. The Balaban J connectivity index is 3.47. The van der Waals surface area contributed by atoms with Crippen LogP contribution in [0.25, 0.3) is 0 Å². The number of hydrogen-bond donors (Lipinski definition) is 1. The van der Waals surface area contributed by atoms with Crippen molar-refractivity contribution >= 4 is 27.4 Å². The van der Waals surface area contributed by atoms with Gasteiger partial charge in [0.25, 0.3) is 6.43 Å². The second-order valence-corrected chi connectivity index (χ2v) is 3.18. The van der Waals surface area contributed by atoms with Crippen molar-refractivity contribution in [1.29, 1.82) is 0 Å². The van der Waals surface area contributed by atoms with Crippen molar-refractivity contribution in [3.8, 4) is 0 Å². The van der Waals surface area contributed by atoms with Gasteiger partial charge in [0.15, 0.2) is 0 Å². The molecule has 5 nitrogen and oxygen atoms in total. The minimum Gasteiger partial charge on any atom is -0.378 e. The minimum absolute atomic E-state index is 0.0737. The number of halogens is 3. The average Bonchev–Trinajstić information content (AvgIpc) is 2.15. The maximum Gasteiger partial charge on any atom is 0.315 e. The summed E-state index contributed by atoms with van der Waals surface area (Å²) in [6, 6.07) is 0. The molecule has 82 valence electrons. The summed E-state index contributed by atoms with van der Waals surface area (Å²) in [5, 5.41) is 10.5. The summed E-state index contributed by atoms with van der Waals surface area (Å²) in [6.45, 7) is 0. The fraction of sp³-hybridized carbons (Fsp3) is 0.286. The summed E-state index contributed by atoms with van der Waals surface area (Å²) >= 11 is 2.91. The van der Waals surface area contributed by atoms with Gasteiger partial charge in [0.1, 0.15) is 0 Å². The molecule has 0 atom stereocenters. The largest absolute Gasteiger partial charge is 0.378 e. The molecule has 0 unspecified atom stereocenters. The number of rotatable bonds is 3. The molecule has 0 aromatic carbocycles. The Kier molecular flexibility index (Phi) is 3.51. The Morgan fingerprint density at radius 3 is 2.67 bits per heavy atom. The molecule has 0 saturated carbocycles. The van der Waals surface area contributed by atoms with Crippen molar-refractivity contribution < 1.29 is 13.7 Å². The molecule has 0 aliphatic heterocycles. The number of hydrogen-bond acceptors (Lipinski definition) is 4. The molecule has 0 aliphatic rings. The standard InChI is InChI=1S/C7H6BrF2N3O2/c8-1-3-4(6(9)10)2-12-7(11)5(3)13(14)15/h2,6H,1H2,(H2,11,12). The highest BCUT2D eigenvalue weighted by Crippen LogP contribution is 2.33. The van der Waals surface area contributed by atoms with E-state index in [1.807, 2.05) is 0 Å². The third-order valence-corrected chi connectivity index (χ3v) is 2.33. The zero-order chi connectivity index (χ0) is 11.6. The first-order valence-electron chi connectivity index (χ1n) is 3.74. The lowest BCUT2D eigenvalue weighted by Crippen LogP contribution is -2.05. The van der Waals surface area contributed by atoms with E-state index >= 15 is 0 Å². The van der Waals surface area contributed by atoms with Gasteiger partial charge in [0.05, 0.1) is 10.5 Å². The molecule has 0 bridgehead atoms. The van der Waals surface area contributed by atoms with Crippen LogP contribution in [0.3, 0.4) is 0 Å². The monoisotopic (exact) mass is 281 g/mol. The smallest absolute Gasteiger partial charge is 0.315 e. The van der Waals surface area contributed by atoms with Crippen LogP contribution in [0.15, 0.2) is 6.20 Å². The Hall–Kier alpha value is -1.31. The maximum atomic E-state index is 12.5. The number of pyridine rings is 1. The van der Waals surface area contributed by atoms with Crippen molar-refractivity contribution in [3.63, 3.8) is 0 Å². The third kappa shape index (κ3) is 2.20. The molecule has 0 saturated heterocycles. The van der Waals surface area contributed by atoms with E-state index in [1.165, 1.54) is 0 Å². The van der Waals surface area contributed by atoms with E-state index < -0.39 is 22.6 Å². The van der Waals surface area contributed by atoms with Crippen LogP contribution in [0.2, 0.25) is 0 Å². The predicted octanol–water partition coefficient (Wildman–Crippen LogP) is 2.40. The van der Waals surface area contributed by atoms with Gasteiger partial charge in [-0.15, -0.1) is 0 Å². The van der Waals surface area contributed by atoms with E-state index in [1.54, 1.807) is 0 Å². The van der Waals surface area contributed by atoms with Gasteiger partial charge in [0.2, 0.25) is 5.82 Å². The zero-order valence-electron chi connectivity index (χ0n) is 7.28. The first-order chi connectivity index (χ1) is 6.99. The Morgan fingerprint density at radius 2 is 2.27 bits per heavy atom. The molecule has 1 heterocycles. The number of nitrogens with zero attached hydrogens (tertiary/aromatic N) is 2. The molecule has 1 rings (SSSR count). The topological polar surface area (TPSA) is 82.0 Å². The zero-order valence-corrected chi connectivity index (χ0v) is 8.87. The molecular weight excluding hydrogens is 276 g/mol. The van der Waals surface area contributed by atoms with Crippen LogP contribution in [0, 0.1) is 10.1 Å². The first kappa shape index (κ1) is 11.8. The summed E-state index contributed by atoms with van der Waals surface area (Å²) in [6.07, 6.45) is -1.96. The fourth-order valence-electron chi connectivity index (χ4n) is 1.10. The number of nitrogens with two attached hydrogens (primary N) is 1. The van der Waals surface area contributed by atoms with E-state index in [9.17, 15) is 18.9 Å². The van der Waals surface area contributed by atoms with Gasteiger partial charge in [-0.2, -0.15) is 0 Å². The highest BCUT2D eigenvalue weighted by atomic mass is 79.9. The van der Waals surface area contributed by atoms with E-state index in [0.717, 1.165) is 6.20 Å². The Morgan fingerprint density at radius 1 is 1.67 bits per heavy atom. The van der Waals surface area contributed by atoms with Crippen LogP contribution in [0.1, 0.15) is 17.6 Å². The van der Waals surface area contributed by atoms with Gasteiger partial charge in [-0.1, -0.05) is 15.9 Å². The number of alkyl halides is 3. The van der Waals surface area contributed by atoms with Crippen LogP contribution in [0.5, 0.6) is 0 Å². The number of aromatic nitrogens is 1. The van der Waals surface area contributed by atoms with Gasteiger partial charge in [-0.25, -0.2) is 13.8 Å². The van der Waals surface area contributed by atoms with Crippen LogP contribution in [-0.2, 0) is 5.33 Å². The molecule has 2 N–H and O–H groups in total. The lowest BCUT2D eigenvalue weighted by atomic mass is 10.1.